The molecule has 0 saturated heterocycles. The lowest BCUT2D eigenvalue weighted by molar-refractivity contribution is -0.139. The predicted molar refractivity (Wildman–Crippen MR) is 127 cm³/mol. The molecule has 9 heteroatoms. The summed E-state index contributed by atoms with van der Waals surface area (Å²) in [5, 5.41) is 18.2. The average Bonchev–Trinajstić information content (AvgIpc) is 2.84. The van der Waals surface area contributed by atoms with Crippen molar-refractivity contribution < 1.29 is 19.4 Å². The highest BCUT2D eigenvalue weighted by molar-refractivity contribution is 5.79. The van der Waals surface area contributed by atoms with Crippen LogP contribution in [0.2, 0.25) is 0 Å². The lowest BCUT2D eigenvalue weighted by Gasteiger charge is -2.30. The molecule has 2 aliphatic rings. The Balaban J connectivity index is 0.000000254. The molecule has 2 fully saturated rings. The van der Waals surface area contributed by atoms with Crippen LogP contribution in [0.5, 0.6) is 0 Å². The number of alkyl carbamates (subject to hydrolysis) is 1. The Hall–Kier alpha value is -2.77. The van der Waals surface area contributed by atoms with E-state index in [-0.39, 0.29) is 19.6 Å². The highest BCUT2D eigenvalue weighted by atomic mass is 16.5. The smallest absolute Gasteiger partial charge is 0.408 e. The fourth-order valence-corrected chi connectivity index (χ4v) is 4.27. The monoisotopic (exact) mass is 459 g/mol. The van der Waals surface area contributed by atoms with Crippen molar-refractivity contribution in [1.29, 1.82) is 0 Å². The minimum absolute atomic E-state index is 0.000168. The van der Waals surface area contributed by atoms with E-state index in [1.165, 1.54) is 64.2 Å². The van der Waals surface area contributed by atoms with Crippen LogP contribution in [0, 0.1) is 0 Å². The molecule has 0 heterocycles. The summed E-state index contributed by atoms with van der Waals surface area (Å²) in [7, 11) is 0. The van der Waals surface area contributed by atoms with Crippen LogP contribution in [0.25, 0.3) is 10.4 Å². The summed E-state index contributed by atoms with van der Waals surface area (Å²) in [6.45, 7) is 0.0296. The third-order valence-electron chi connectivity index (χ3n) is 6.07. The SMILES string of the molecule is C1CCC(NC2CCCCC2)CC1.[N-]=[N+]=NCCC(NC(=O)OCc1ccccc1)C(=O)O. The highest BCUT2D eigenvalue weighted by Gasteiger charge is 2.20. The van der Waals surface area contributed by atoms with Gasteiger partial charge in [0.1, 0.15) is 12.6 Å². The zero-order valence-corrected chi connectivity index (χ0v) is 19.3. The van der Waals surface area contributed by atoms with Gasteiger partial charge in [0.05, 0.1) is 0 Å². The maximum absolute atomic E-state index is 11.5. The zero-order chi connectivity index (χ0) is 23.7. The molecule has 1 amide bonds. The lowest BCUT2D eigenvalue weighted by atomic mass is 9.91. The number of carboxylic acid groups (broad SMARTS) is 1. The molecule has 1 aromatic rings. The molecule has 9 nitrogen and oxygen atoms in total. The zero-order valence-electron chi connectivity index (χ0n) is 19.3. The van der Waals surface area contributed by atoms with Gasteiger partial charge in [-0.25, -0.2) is 9.59 Å². The minimum Gasteiger partial charge on any atom is -0.480 e. The maximum Gasteiger partial charge on any atom is 0.408 e. The number of nitrogens with one attached hydrogen (secondary N) is 2. The first-order valence-electron chi connectivity index (χ1n) is 12.1. The summed E-state index contributed by atoms with van der Waals surface area (Å²) in [5.74, 6) is -1.21. The number of aliphatic carboxylic acids is 1. The number of azide groups is 1. The molecule has 2 saturated carbocycles. The fourth-order valence-electron chi connectivity index (χ4n) is 4.27. The van der Waals surface area contributed by atoms with Crippen molar-refractivity contribution in [3.05, 3.63) is 46.3 Å². The van der Waals surface area contributed by atoms with E-state index in [9.17, 15) is 9.59 Å². The molecule has 0 aliphatic heterocycles. The number of amides is 1. The Bertz CT molecular complexity index is 726. The molecule has 0 bridgehead atoms. The number of ether oxygens (including phenoxy) is 1. The highest BCUT2D eigenvalue weighted by Crippen LogP contribution is 2.22. The van der Waals surface area contributed by atoms with Gasteiger partial charge in [-0.1, -0.05) is 74.0 Å². The third-order valence-corrected chi connectivity index (χ3v) is 6.07. The Morgan fingerprint density at radius 1 is 1.03 bits per heavy atom. The molecule has 0 spiro atoms. The Kier molecular flexibility index (Phi) is 12.8. The van der Waals surface area contributed by atoms with Crippen LogP contribution in [0.4, 0.5) is 4.79 Å². The standard InChI is InChI=1S/C12H14N4O4.C12H23N/c13-16-14-7-6-10(11(17)18)15-12(19)20-8-9-4-2-1-3-5-9;1-3-7-11(8-4-1)13-12-9-5-2-6-10-12/h1-5,10H,6-8H2,(H,15,19)(H,17,18);11-13H,1-10H2. The molecule has 33 heavy (non-hydrogen) atoms. The maximum atomic E-state index is 11.5. The molecule has 2 aliphatic carbocycles. The van der Waals surface area contributed by atoms with Crippen LogP contribution < -0.4 is 10.6 Å². The second-order valence-electron chi connectivity index (χ2n) is 8.68. The van der Waals surface area contributed by atoms with Gasteiger partial charge in [0.2, 0.25) is 0 Å². The van der Waals surface area contributed by atoms with Crippen molar-refractivity contribution in [1.82, 2.24) is 10.6 Å². The first-order valence-corrected chi connectivity index (χ1v) is 12.1. The first kappa shape index (κ1) is 26.5. The van der Waals surface area contributed by atoms with Gasteiger partial charge in [-0.3, -0.25) is 0 Å². The van der Waals surface area contributed by atoms with Gasteiger partial charge in [0.15, 0.2) is 0 Å². The van der Waals surface area contributed by atoms with E-state index in [1.807, 2.05) is 6.07 Å². The summed E-state index contributed by atoms with van der Waals surface area (Å²) in [4.78, 5) is 24.9. The van der Waals surface area contributed by atoms with Gasteiger partial charge in [0, 0.05) is 23.5 Å². The molecule has 0 radical (unpaired) electrons. The Morgan fingerprint density at radius 2 is 1.61 bits per heavy atom. The number of rotatable bonds is 9. The van der Waals surface area contributed by atoms with Gasteiger partial charge in [0.25, 0.3) is 0 Å². The molecular weight excluding hydrogens is 422 g/mol. The molecule has 1 atom stereocenters. The molecular formula is C24H37N5O4. The second kappa shape index (κ2) is 15.9. The van der Waals surface area contributed by atoms with E-state index in [0.717, 1.165) is 17.6 Å². The predicted octanol–water partition coefficient (Wildman–Crippen LogP) is 5.31. The quantitative estimate of drug-likeness (QED) is 0.261. The number of hydrogen-bond donors (Lipinski definition) is 3. The summed E-state index contributed by atoms with van der Waals surface area (Å²) in [5.41, 5.74) is 8.90. The van der Waals surface area contributed by atoms with Crippen LogP contribution in [0.1, 0.15) is 76.2 Å². The largest absolute Gasteiger partial charge is 0.480 e. The van der Waals surface area contributed by atoms with Crippen LogP contribution in [-0.4, -0.2) is 41.8 Å². The van der Waals surface area contributed by atoms with Crippen LogP contribution in [0.3, 0.4) is 0 Å². The summed E-state index contributed by atoms with van der Waals surface area (Å²) in [6.07, 6.45) is 13.7. The van der Waals surface area contributed by atoms with Crippen LogP contribution in [0.15, 0.2) is 35.4 Å². The number of hydrogen-bond acceptors (Lipinski definition) is 5. The lowest BCUT2D eigenvalue weighted by Crippen LogP contribution is -2.41. The first-order chi connectivity index (χ1) is 16.1. The number of carbonyl (C=O) groups excluding carboxylic acids is 1. The van der Waals surface area contributed by atoms with E-state index in [0.29, 0.717) is 0 Å². The van der Waals surface area contributed by atoms with Crippen LogP contribution in [-0.2, 0) is 16.1 Å². The molecule has 1 unspecified atom stereocenters. The summed E-state index contributed by atoms with van der Waals surface area (Å²) in [6, 6.07) is 9.59. The van der Waals surface area contributed by atoms with Crippen molar-refractivity contribution in [2.24, 2.45) is 5.11 Å². The Morgan fingerprint density at radius 3 is 2.12 bits per heavy atom. The van der Waals surface area contributed by atoms with Crippen molar-refractivity contribution in [3.63, 3.8) is 0 Å². The molecule has 3 rings (SSSR count). The number of carbonyl (C=O) groups is 2. The van der Waals surface area contributed by atoms with Crippen molar-refractivity contribution >= 4 is 12.1 Å². The van der Waals surface area contributed by atoms with E-state index in [1.54, 1.807) is 24.3 Å². The van der Waals surface area contributed by atoms with Gasteiger partial charge in [-0.15, -0.1) is 0 Å². The van der Waals surface area contributed by atoms with Gasteiger partial charge in [-0.05, 0) is 43.2 Å². The van der Waals surface area contributed by atoms with E-state index < -0.39 is 18.1 Å². The normalized spacial score (nSPS) is 17.6. The van der Waals surface area contributed by atoms with Gasteiger partial charge < -0.3 is 20.5 Å². The fraction of sp³-hybridized carbons (Fsp3) is 0.667. The van der Waals surface area contributed by atoms with E-state index in [2.05, 4.69) is 20.7 Å². The molecule has 3 N–H and O–H groups in total. The van der Waals surface area contributed by atoms with Crippen LogP contribution >= 0.6 is 0 Å². The van der Waals surface area contributed by atoms with Gasteiger partial charge >= 0.3 is 12.1 Å². The molecule has 182 valence electrons. The van der Waals surface area contributed by atoms with E-state index >= 15 is 0 Å². The van der Waals surface area contributed by atoms with Crippen molar-refractivity contribution in [2.75, 3.05) is 6.54 Å². The van der Waals surface area contributed by atoms with Crippen molar-refractivity contribution in [2.45, 2.75) is 95.4 Å². The Labute approximate surface area is 195 Å². The number of benzene rings is 1. The third kappa shape index (κ3) is 11.6. The average molecular weight is 460 g/mol. The molecule has 1 aromatic carbocycles. The second-order valence-corrected chi connectivity index (χ2v) is 8.68. The minimum atomic E-state index is -1.21. The van der Waals surface area contributed by atoms with Gasteiger partial charge in [-0.2, -0.15) is 0 Å². The van der Waals surface area contributed by atoms with Crippen molar-refractivity contribution in [3.8, 4) is 0 Å². The van der Waals surface area contributed by atoms with E-state index in [4.69, 9.17) is 15.4 Å². The topological polar surface area (TPSA) is 136 Å². The summed E-state index contributed by atoms with van der Waals surface area (Å²) >= 11 is 0. The number of carboxylic acids is 1. The summed E-state index contributed by atoms with van der Waals surface area (Å²) < 4.78 is 4.90. The number of nitrogens with zero attached hydrogens (tertiary/aromatic N) is 3. The molecule has 0 aromatic heterocycles.